The van der Waals surface area contributed by atoms with Crippen LogP contribution >= 0.6 is 0 Å². The van der Waals surface area contributed by atoms with Gasteiger partial charge in [-0.1, -0.05) is 18.2 Å². The van der Waals surface area contributed by atoms with E-state index in [0.29, 0.717) is 18.2 Å². The number of hydrogen-bond donors (Lipinski definition) is 0. The summed E-state index contributed by atoms with van der Waals surface area (Å²) in [7, 11) is 0. The van der Waals surface area contributed by atoms with Crippen LogP contribution in [0.25, 0.3) is 11.1 Å². The Hall–Kier alpha value is -2.64. The quantitative estimate of drug-likeness (QED) is 0.849. The Bertz CT molecular complexity index is 866. The molecule has 4 rings (SSSR count). The highest BCUT2D eigenvalue weighted by atomic mass is 16.2. The zero-order valence-electron chi connectivity index (χ0n) is 15.1. The van der Waals surface area contributed by atoms with Gasteiger partial charge < -0.3 is 4.90 Å². The number of rotatable bonds is 4. The van der Waals surface area contributed by atoms with Gasteiger partial charge in [-0.3, -0.25) is 9.69 Å². The first-order valence-corrected chi connectivity index (χ1v) is 9.32. The molecule has 0 aromatic heterocycles. The third kappa shape index (κ3) is 3.11. The van der Waals surface area contributed by atoms with E-state index in [1.165, 1.54) is 12.8 Å². The number of nitrogens with zero attached hydrogens (tertiary/aromatic N) is 3. The van der Waals surface area contributed by atoms with Crippen molar-refractivity contribution in [2.75, 3.05) is 19.6 Å². The Morgan fingerprint density at radius 3 is 2.58 bits per heavy atom. The molecule has 2 heterocycles. The summed E-state index contributed by atoms with van der Waals surface area (Å²) in [6, 6.07) is 16.4. The van der Waals surface area contributed by atoms with Crippen molar-refractivity contribution in [2.45, 2.75) is 32.4 Å². The fourth-order valence-corrected chi connectivity index (χ4v) is 4.05. The van der Waals surface area contributed by atoms with Crippen LogP contribution in [0, 0.1) is 11.3 Å². The highest BCUT2D eigenvalue weighted by Gasteiger charge is 2.28. The zero-order chi connectivity index (χ0) is 18.1. The van der Waals surface area contributed by atoms with Crippen molar-refractivity contribution >= 4 is 5.91 Å². The van der Waals surface area contributed by atoms with Crippen molar-refractivity contribution in [1.82, 2.24) is 9.80 Å². The molecule has 0 aliphatic carbocycles. The molecule has 26 heavy (non-hydrogen) atoms. The number of fused-ring (bicyclic) bond motifs is 1. The van der Waals surface area contributed by atoms with Gasteiger partial charge in [-0.25, -0.2) is 0 Å². The van der Waals surface area contributed by atoms with E-state index in [9.17, 15) is 4.79 Å². The van der Waals surface area contributed by atoms with Gasteiger partial charge in [0, 0.05) is 31.2 Å². The Morgan fingerprint density at radius 2 is 1.88 bits per heavy atom. The fourth-order valence-electron chi connectivity index (χ4n) is 4.05. The molecule has 2 aromatic carbocycles. The topological polar surface area (TPSA) is 47.3 Å². The smallest absolute Gasteiger partial charge is 0.254 e. The van der Waals surface area contributed by atoms with E-state index < -0.39 is 0 Å². The van der Waals surface area contributed by atoms with Gasteiger partial charge in [0.25, 0.3) is 5.91 Å². The summed E-state index contributed by atoms with van der Waals surface area (Å²) in [6.07, 6.45) is 2.53. The molecule has 1 atom stereocenters. The largest absolute Gasteiger partial charge is 0.333 e. The van der Waals surface area contributed by atoms with E-state index in [0.717, 1.165) is 41.9 Å². The fraction of sp³-hybridized carbons (Fsp3) is 0.364. The highest BCUT2D eigenvalue weighted by molar-refractivity contribution is 5.99. The Kier molecular flexibility index (Phi) is 4.48. The third-order valence-electron chi connectivity index (χ3n) is 5.68. The summed E-state index contributed by atoms with van der Waals surface area (Å²) in [5.41, 5.74) is 4.76. The molecule has 1 fully saturated rings. The van der Waals surface area contributed by atoms with Crippen molar-refractivity contribution in [1.29, 1.82) is 5.26 Å². The standard InChI is InChI=1S/C22H23N3O/c1-16-3-2-10-24(16)11-12-25-15-20-13-19(8-9-21(20)22(25)26)18-6-4-17(14-23)5-7-18/h4-9,13,16H,2-3,10-12,15H2,1H3/t16-/m1/s1. The highest BCUT2D eigenvalue weighted by Crippen LogP contribution is 2.29. The molecule has 0 bridgehead atoms. The number of likely N-dealkylation sites (tertiary alicyclic amines) is 1. The average Bonchev–Trinajstić information content (AvgIpc) is 3.22. The van der Waals surface area contributed by atoms with E-state index in [-0.39, 0.29) is 5.91 Å². The maximum atomic E-state index is 12.7. The minimum absolute atomic E-state index is 0.151. The van der Waals surface area contributed by atoms with E-state index in [4.69, 9.17) is 5.26 Å². The second kappa shape index (κ2) is 6.93. The number of nitriles is 1. The van der Waals surface area contributed by atoms with Gasteiger partial charge >= 0.3 is 0 Å². The predicted octanol–water partition coefficient (Wildman–Crippen LogP) is 3.67. The number of amides is 1. The molecule has 1 saturated heterocycles. The van der Waals surface area contributed by atoms with E-state index >= 15 is 0 Å². The molecule has 2 aromatic rings. The number of carbonyl (C=O) groups excluding carboxylic acids is 1. The van der Waals surface area contributed by atoms with Crippen molar-refractivity contribution in [3.05, 3.63) is 59.2 Å². The third-order valence-corrected chi connectivity index (χ3v) is 5.68. The van der Waals surface area contributed by atoms with Crippen molar-refractivity contribution < 1.29 is 4.79 Å². The van der Waals surface area contributed by atoms with Gasteiger partial charge in [-0.05, 0) is 67.3 Å². The molecule has 4 heteroatoms. The Labute approximate surface area is 154 Å². The SMILES string of the molecule is C[C@@H]1CCCN1CCN1Cc2cc(-c3ccc(C#N)cc3)ccc2C1=O. The van der Waals surface area contributed by atoms with E-state index in [2.05, 4.69) is 24.0 Å². The first-order chi connectivity index (χ1) is 12.7. The minimum Gasteiger partial charge on any atom is -0.333 e. The first-order valence-electron chi connectivity index (χ1n) is 9.32. The molecule has 2 aliphatic rings. The van der Waals surface area contributed by atoms with Crippen LogP contribution in [-0.4, -0.2) is 41.4 Å². The predicted molar refractivity (Wildman–Crippen MR) is 102 cm³/mol. The van der Waals surface area contributed by atoms with Gasteiger partial charge in [0.2, 0.25) is 0 Å². The zero-order valence-corrected chi connectivity index (χ0v) is 15.1. The maximum absolute atomic E-state index is 12.7. The summed E-state index contributed by atoms with van der Waals surface area (Å²) in [4.78, 5) is 17.1. The summed E-state index contributed by atoms with van der Waals surface area (Å²) in [5, 5.41) is 8.93. The van der Waals surface area contributed by atoms with Crippen LogP contribution in [0.4, 0.5) is 0 Å². The molecule has 4 nitrogen and oxygen atoms in total. The van der Waals surface area contributed by atoms with Crippen LogP contribution in [-0.2, 0) is 6.54 Å². The van der Waals surface area contributed by atoms with Crippen LogP contribution in [0.2, 0.25) is 0 Å². The van der Waals surface area contributed by atoms with Crippen molar-refractivity contribution in [3.63, 3.8) is 0 Å². The summed E-state index contributed by atoms with van der Waals surface area (Å²) >= 11 is 0. The molecule has 0 saturated carbocycles. The van der Waals surface area contributed by atoms with Gasteiger partial charge in [0.1, 0.15) is 0 Å². The van der Waals surface area contributed by atoms with Crippen LogP contribution in [0.5, 0.6) is 0 Å². The van der Waals surface area contributed by atoms with Gasteiger partial charge in [-0.15, -0.1) is 0 Å². The van der Waals surface area contributed by atoms with E-state index in [1.807, 2.05) is 41.3 Å². The number of benzene rings is 2. The van der Waals surface area contributed by atoms with Crippen LogP contribution in [0.1, 0.15) is 41.3 Å². The summed E-state index contributed by atoms with van der Waals surface area (Å²) < 4.78 is 0. The molecule has 132 valence electrons. The van der Waals surface area contributed by atoms with Crippen molar-refractivity contribution in [3.8, 4) is 17.2 Å². The molecular formula is C22H23N3O. The lowest BCUT2D eigenvalue weighted by Crippen LogP contribution is -2.36. The molecule has 2 aliphatic heterocycles. The monoisotopic (exact) mass is 345 g/mol. The van der Waals surface area contributed by atoms with Gasteiger partial charge in [0.05, 0.1) is 11.6 Å². The molecule has 0 spiro atoms. The summed E-state index contributed by atoms with van der Waals surface area (Å²) in [5.74, 6) is 0.151. The Morgan fingerprint density at radius 1 is 1.12 bits per heavy atom. The Balaban J connectivity index is 1.48. The van der Waals surface area contributed by atoms with E-state index in [1.54, 1.807) is 0 Å². The van der Waals surface area contributed by atoms with Crippen LogP contribution < -0.4 is 0 Å². The first kappa shape index (κ1) is 16.8. The lowest BCUT2D eigenvalue weighted by molar-refractivity contribution is 0.0756. The molecular weight excluding hydrogens is 322 g/mol. The van der Waals surface area contributed by atoms with Crippen molar-refractivity contribution in [2.24, 2.45) is 0 Å². The minimum atomic E-state index is 0.151. The average molecular weight is 345 g/mol. The second-order valence-electron chi connectivity index (χ2n) is 7.32. The normalized spacial score (nSPS) is 19.6. The lowest BCUT2D eigenvalue weighted by Gasteiger charge is -2.24. The number of carbonyl (C=O) groups is 1. The lowest BCUT2D eigenvalue weighted by atomic mass is 10.00. The molecule has 0 unspecified atom stereocenters. The summed E-state index contributed by atoms with van der Waals surface area (Å²) in [6.45, 7) is 5.88. The van der Waals surface area contributed by atoms with Crippen LogP contribution in [0.15, 0.2) is 42.5 Å². The van der Waals surface area contributed by atoms with Gasteiger partial charge in [-0.2, -0.15) is 5.26 Å². The molecule has 0 radical (unpaired) electrons. The maximum Gasteiger partial charge on any atom is 0.254 e. The van der Waals surface area contributed by atoms with Crippen LogP contribution in [0.3, 0.4) is 0 Å². The van der Waals surface area contributed by atoms with Gasteiger partial charge in [0.15, 0.2) is 0 Å². The molecule has 0 N–H and O–H groups in total. The second-order valence-corrected chi connectivity index (χ2v) is 7.32. The molecule has 1 amide bonds. The number of hydrogen-bond acceptors (Lipinski definition) is 3.